The van der Waals surface area contributed by atoms with E-state index in [-0.39, 0.29) is 5.56 Å². The molecule has 0 aliphatic heterocycles. The van der Waals surface area contributed by atoms with Crippen molar-refractivity contribution in [1.29, 1.82) is 0 Å². The first-order chi connectivity index (χ1) is 8.95. The Bertz CT molecular complexity index is 622. The molecule has 0 saturated carbocycles. The minimum absolute atomic E-state index is 0.250. The molecule has 1 aromatic heterocycles. The van der Waals surface area contributed by atoms with Gasteiger partial charge in [-0.1, -0.05) is 15.9 Å². The standard InChI is InChI=1S/C13H14BrN3O2/c1-8-10(7-17(2)16-8)6-15-12-4-9(13(18)19)3-11(14)5-12/h3-5,7,15H,6H2,1-2H3,(H,18,19). The van der Waals surface area contributed by atoms with E-state index >= 15 is 0 Å². The first kappa shape index (κ1) is 13.6. The Morgan fingerprint density at radius 2 is 2.21 bits per heavy atom. The molecule has 0 bridgehead atoms. The maximum atomic E-state index is 11.0. The Hall–Kier alpha value is -1.82. The van der Waals surface area contributed by atoms with Gasteiger partial charge < -0.3 is 10.4 Å². The lowest BCUT2D eigenvalue weighted by molar-refractivity contribution is 0.0697. The number of rotatable bonds is 4. The minimum Gasteiger partial charge on any atom is -0.478 e. The van der Waals surface area contributed by atoms with Gasteiger partial charge in [0.1, 0.15) is 0 Å². The molecule has 0 aliphatic rings. The fourth-order valence-electron chi connectivity index (χ4n) is 1.83. The molecule has 100 valence electrons. The zero-order valence-corrected chi connectivity index (χ0v) is 12.2. The summed E-state index contributed by atoms with van der Waals surface area (Å²) in [4.78, 5) is 11.0. The number of nitrogens with zero attached hydrogens (tertiary/aromatic N) is 2. The largest absolute Gasteiger partial charge is 0.478 e. The van der Waals surface area contributed by atoms with Gasteiger partial charge in [-0.2, -0.15) is 5.10 Å². The van der Waals surface area contributed by atoms with Gasteiger partial charge >= 0.3 is 5.97 Å². The zero-order valence-electron chi connectivity index (χ0n) is 10.6. The van der Waals surface area contributed by atoms with Crippen LogP contribution < -0.4 is 5.32 Å². The van der Waals surface area contributed by atoms with E-state index < -0.39 is 5.97 Å². The zero-order chi connectivity index (χ0) is 14.0. The van der Waals surface area contributed by atoms with Crippen molar-refractivity contribution in [2.75, 3.05) is 5.32 Å². The normalized spacial score (nSPS) is 10.5. The highest BCUT2D eigenvalue weighted by Crippen LogP contribution is 2.20. The molecule has 2 rings (SSSR count). The number of aromatic nitrogens is 2. The van der Waals surface area contributed by atoms with Gasteiger partial charge in [-0.15, -0.1) is 0 Å². The number of aryl methyl sites for hydroxylation is 2. The van der Waals surface area contributed by atoms with Gasteiger partial charge in [0.15, 0.2) is 0 Å². The van der Waals surface area contributed by atoms with E-state index in [1.807, 2.05) is 26.2 Å². The number of benzene rings is 1. The van der Waals surface area contributed by atoms with Crippen molar-refractivity contribution >= 4 is 27.6 Å². The monoisotopic (exact) mass is 323 g/mol. The fraction of sp³-hybridized carbons (Fsp3) is 0.231. The second-order valence-corrected chi connectivity index (χ2v) is 5.22. The summed E-state index contributed by atoms with van der Waals surface area (Å²) in [6, 6.07) is 5.03. The Kier molecular flexibility index (Phi) is 3.90. The highest BCUT2D eigenvalue weighted by molar-refractivity contribution is 9.10. The molecular weight excluding hydrogens is 310 g/mol. The molecule has 6 heteroatoms. The molecule has 5 nitrogen and oxygen atoms in total. The van der Waals surface area contributed by atoms with E-state index in [1.54, 1.807) is 16.8 Å². The summed E-state index contributed by atoms with van der Waals surface area (Å²) in [5.74, 6) is -0.943. The quantitative estimate of drug-likeness (QED) is 0.907. The van der Waals surface area contributed by atoms with Crippen LogP contribution in [-0.2, 0) is 13.6 Å². The summed E-state index contributed by atoms with van der Waals surface area (Å²) in [6.07, 6.45) is 1.94. The van der Waals surface area contributed by atoms with Crippen molar-refractivity contribution in [3.8, 4) is 0 Å². The molecule has 0 atom stereocenters. The smallest absolute Gasteiger partial charge is 0.335 e. The van der Waals surface area contributed by atoms with Crippen molar-refractivity contribution in [1.82, 2.24) is 9.78 Å². The lowest BCUT2D eigenvalue weighted by atomic mass is 10.2. The number of anilines is 1. The topological polar surface area (TPSA) is 67.2 Å². The van der Waals surface area contributed by atoms with Crippen LogP contribution in [-0.4, -0.2) is 20.9 Å². The van der Waals surface area contributed by atoms with Gasteiger partial charge in [-0.25, -0.2) is 4.79 Å². The van der Waals surface area contributed by atoms with Gasteiger partial charge in [-0.05, 0) is 25.1 Å². The fourth-order valence-corrected chi connectivity index (χ4v) is 2.33. The minimum atomic E-state index is -0.943. The number of carbonyl (C=O) groups is 1. The predicted molar refractivity (Wildman–Crippen MR) is 76.4 cm³/mol. The van der Waals surface area contributed by atoms with E-state index in [0.29, 0.717) is 6.54 Å². The SMILES string of the molecule is Cc1nn(C)cc1CNc1cc(Br)cc(C(=O)O)c1. The number of hydrogen-bond donors (Lipinski definition) is 2. The first-order valence-corrected chi connectivity index (χ1v) is 6.52. The third-order valence-electron chi connectivity index (χ3n) is 2.74. The molecule has 19 heavy (non-hydrogen) atoms. The third kappa shape index (κ3) is 3.35. The molecule has 1 heterocycles. The average Bonchev–Trinajstić information content (AvgIpc) is 2.64. The summed E-state index contributed by atoms with van der Waals surface area (Å²) in [5.41, 5.74) is 3.05. The number of carboxylic acids is 1. The Labute approximate surface area is 119 Å². The van der Waals surface area contributed by atoms with Crippen molar-refractivity contribution in [3.05, 3.63) is 45.7 Å². The molecule has 2 aromatic rings. The van der Waals surface area contributed by atoms with Crippen LogP contribution in [0.1, 0.15) is 21.6 Å². The third-order valence-corrected chi connectivity index (χ3v) is 3.20. The van der Waals surface area contributed by atoms with Crippen LogP contribution in [0.3, 0.4) is 0 Å². The molecule has 0 unspecified atom stereocenters. The van der Waals surface area contributed by atoms with Crippen LogP contribution in [0.15, 0.2) is 28.9 Å². The van der Waals surface area contributed by atoms with Crippen LogP contribution >= 0.6 is 15.9 Å². The number of aromatic carboxylic acids is 1. The number of hydrogen-bond acceptors (Lipinski definition) is 3. The van der Waals surface area contributed by atoms with Crippen molar-refractivity contribution in [2.45, 2.75) is 13.5 Å². The first-order valence-electron chi connectivity index (χ1n) is 5.72. The molecule has 0 fully saturated rings. The summed E-state index contributed by atoms with van der Waals surface area (Å²) in [6.45, 7) is 2.55. The number of nitrogens with one attached hydrogen (secondary N) is 1. The summed E-state index contributed by atoms with van der Waals surface area (Å²) in [7, 11) is 1.87. The van der Waals surface area contributed by atoms with Crippen molar-refractivity contribution in [3.63, 3.8) is 0 Å². The second-order valence-electron chi connectivity index (χ2n) is 4.30. The lowest BCUT2D eigenvalue weighted by Gasteiger charge is -2.07. The molecule has 2 N–H and O–H groups in total. The molecular formula is C13H14BrN3O2. The van der Waals surface area contributed by atoms with Crippen LogP contribution in [0.2, 0.25) is 0 Å². The Morgan fingerprint density at radius 3 is 2.79 bits per heavy atom. The van der Waals surface area contributed by atoms with Crippen molar-refractivity contribution in [2.24, 2.45) is 7.05 Å². The number of carboxylic acid groups (broad SMARTS) is 1. The molecule has 0 spiro atoms. The lowest BCUT2D eigenvalue weighted by Crippen LogP contribution is -2.02. The van der Waals surface area contributed by atoms with Crippen LogP contribution in [0.25, 0.3) is 0 Å². The highest BCUT2D eigenvalue weighted by Gasteiger charge is 2.07. The van der Waals surface area contributed by atoms with E-state index in [2.05, 4.69) is 26.3 Å². The van der Waals surface area contributed by atoms with Crippen molar-refractivity contribution < 1.29 is 9.90 Å². The molecule has 0 amide bonds. The Morgan fingerprint density at radius 1 is 1.47 bits per heavy atom. The molecule has 0 aliphatic carbocycles. The maximum absolute atomic E-state index is 11.0. The molecule has 0 saturated heterocycles. The van der Waals surface area contributed by atoms with Gasteiger partial charge in [0.2, 0.25) is 0 Å². The van der Waals surface area contributed by atoms with Gasteiger partial charge in [-0.3, -0.25) is 4.68 Å². The van der Waals surface area contributed by atoms with Gasteiger partial charge in [0.25, 0.3) is 0 Å². The van der Waals surface area contributed by atoms with E-state index in [4.69, 9.17) is 5.11 Å². The predicted octanol–water partition coefficient (Wildman–Crippen LogP) is 2.80. The number of halogens is 1. The van der Waals surface area contributed by atoms with E-state index in [1.165, 1.54) is 0 Å². The summed E-state index contributed by atoms with van der Waals surface area (Å²) < 4.78 is 2.49. The maximum Gasteiger partial charge on any atom is 0.335 e. The van der Waals surface area contributed by atoms with Gasteiger partial charge in [0, 0.05) is 35.5 Å². The summed E-state index contributed by atoms with van der Waals surface area (Å²) in [5, 5.41) is 16.5. The Balaban J connectivity index is 2.15. The highest BCUT2D eigenvalue weighted by atomic mass is 79.9. The second kappa shape index (κ2) is 5.44. The van der Waals surface area contributed by atoms with E-state index in [9.17, 15) is 4.79 Å². The summed E-state index contributed by atoms with van der Waals surface area (Å²) >= 11 is 3.31. The van der Waals surface area contributed by atoms with Gasteiger partial charge in [0.05, 0.1) is 11.3 Å². The van der Waals surface area contributed by atoms with Crippen LogP contribution in [0, 0.1) is 6.92 Å². The molecule has 0 radical (unpaired) electrons. The average molecular weight is 324 g/mol. The van der Waals surface area contributed by atoms with Crippen LogP contribution in [0.5, 0.6) is 0 Å². The molecule has 1 aromatic carbocycles. The van der Waals surface area contributed by atoms with E-state index in [0.717, 1.165) is 21.4 Å². The van der Waals surface area contributed by atoms with Crippen LogP contribution in [0.4, 0.5) is 5.69 Å².